The van der Waals surface area contributed by atoms with Crippen LogP contribution in [-0.2, 0) is 11.3 Å². The third-order valence-corrected chi connectivity index (χ3v) is 5.11. The standard InChI is InChI=1S/C21H33N3O2/c1-17(25)20-6-4-5-19(15-20)16-24-12-9-18(10-13-24)7-8-21(26)22-11-14-23(2)3/h4-6,15,18H,7-14,16H2,1-3H3,(H,22,26). The third-order valence-electron chi connectivity index (χ3n) is 5.11. The van der Waals surface area contributed by atoms with Crippen molar-refractivity contribution in [2.45, 2.75) is 39.2 Å². The van der Waals surface area contributed by atoms with Crippen LogP contribution in [-0.4, -0.2) is 61.8 Å². The average molecular weight is 360 g/mol. The molecule has 1 aliphatic rings. The number of likely N-dealkylation sites (N-methyl/N-ethyl adjacent to an activating group) is 1. The summed E-state index contributed by atoms with van der Waals surface area (Å²) < 4.78 is 0. The molecule has 0 aliphatic carbocycles. The Morgan fingerprint density at radius 3 is 2.62 bits per heavy atom. The van der Waals surface area contributed by atoms with Gasteiger partial charge in [0.05, 0.1) is 0 Å². The number of nitrogens with one attached hydrogen (secondary N) is 1. The molecule has 0 spiro atoms. The Morgan fingerprint density at radius 1 is 1.23 bits per heavy atom. The minimum atomic E-state index is 0.120. The van der Waals surface area contributed by atoms with Gasteiger partial charge in [0.25, 0.3) is 0 Å². The lowest BCUT2D eigenvalue weighted by molar-refractivity contribution is -0.121. The summed E-state index contributed by atoms with van der Waals surface area (Å²) in [6.07, 6.45) is 3.93. The van der Waals surface area contributed by atoms with Gasteiger partial charge in [-0.05, 0) is 70.9 Å². The highest BCUT2D eigenvalue weighted by Gasteiger charge is 2.20. The number of hydrogen-bond donors (Lipinski definition) is 1. The second-order valence-corrected chi connectivity index (χ2v) is 7.67. The lowest BCUT2D eigenvalue weighted by Crippen LogP contribution is -2.34. The average Bonchev–Trinajstić information content (AvgIpc) is 2.61. The lowest BCUT2D eigenvalue weighted by Gasteiger charge is -2.32. The number of Topliss-reactive ketones (excluding diaryl/α,β-unsaturated/α-hetero) is 1. The van der Waals surface area contributed by atoms with Gasteiger partial charge in [0.15, 0.2) is 5.78 Å². The number of ketones is 1. The maximum atomic E-state index is 11.9. The van der Waals surface area contributed by atoms with Crippen molar-refractivity contribution in [1.82, 2.24) is 15.1 Å². The first-order chi connectivity index (χ1) is 12.4. The molecule has 1 heterocycles. The Kier molecular flexibility index (Phi) is 8.26. The van der Waals surface area contributed by atoms with Gasteiger partial charge in [-0.3, -0.25) is 14.5 Å². The van der Waals surface area contributed by atoms with Gasteiger partial charge >= 0.3 is 0 Å². The number of carbonyl (C=O) groups is 2. The number of piperidine rings is 1. The van der Waals surface area contributed by atoms with E-state index in [4.69, 9.17) is 0 Å². The van der Waals surface area contributed by atoms with Gasteiger partial charge in [-0.15, -0.1) is 0 Å². The molecule has 0 saturated carbocycles. The topological polar surface area (TPSA) is 52.7 Å². The maximum absolute atomic E-state index is 11.9. The largest absolute Gasteiger partial charge is 0.355 e. The van der Waals surface area contributed by atoms with E-state index in [1.807, 2.05) is 32.3 Å². The number of rotatable bonds is 9. The molecule has 26 heavy (non-hydrogen) atoms. The first-order valence-electron chi connectivity index (χ1n) is 9.67. The molecule has 1 amide bonds. The number of benzene rings is 1. The summed E-state index contributed by atoms with van der Waals surface area (Å²) in [6.45, 7) is 6.26. The van der Waals surface area contributed by atoms with E-state index in [0.29, 0.717) is 12.3 Å². The van der Waals surface area contributed by atoms with E-state index in [1.54, 1.807) is 6.92 Å². The third kappa shape index (κ3) is 7.26. The molecule has 0 unspecified atom stereocenters. The van der Waals surface area contributed by atoms with Crippen molar-refractivity contribution in [3.63, 3.8) is 0 Å². The van der Waals surface area contributed by atoms with Crippen LogP contribution in [0.2, 0.25) is 0 Å². The van der Waals surface area contributed by atoms with Crippen LogP contribution in [0.1, 0.15) is 48.5 Å². The Bertz CT molecular complexity index is 593. The summed E-state index contributed by atoms with van der Waals surface area (Å²) in [5.74, 6) is 0.944. The van der Waals surface area contributed by atoms with Crippen molar-refractivity contribution in [3.05, 3.63) is 35.4 Å². The van der Waals surface area contributed by atoms with Gasteiger partial charge < -0.3 is 10.2 Å². The normalized spacial score (nSPS) is 16.0. The van der Waals surface area contributed by atoms with E-state index in [-0.39, 0.29) is 11.7 Å². The van der Waals surface area contributed by atoms with Crippen molar-refractivity contribution in [1.29, 1.82) is 0 Å². The SMILES string of the molecule is CC(=O)c1cccc(CN2CCC(CCC(=O)NCCN(C)C)CC2)c1. The van der Waals surface area contributed by atoms with Crippen LogP contribution in [0.3, 0.4) is 0 Å². The monoisotopic (exact) mass is 359 g/mol. The zero-order valence-corrected chi connectivity index (χ0v) is 16.5. The Hall–Kier alpha value is -1.72. The molecule has 1 fully saturated rings. The quantitative estimate of drug-likeness (QED) is 0.689. The Balaban J connectivity index is 1.66. The molecule has 0 bridgehead atoms. The second-order valence-electron chi connectivity index (χ2n) is 7.67. The Labute approximate surface area is 157 Å². The molecular weight excluding hydrogens is 326 g/mol. The highest BCUT2D eigenvalue weighted by Crippen LogP contribution is 2.23. The minimum Gasteiger partial charge on any atom is -0.355 e. The van der Waals surface area contributed by atoms with Gasteiger partial charge in [-0.25, -0.2) is 0 Å². The molecule has 144 valence electrons. The summed E-state index contributed by atoms with van der Waals surface area (Å²) in [5.41, 5.74) is 1.99. The Morgan fingerprint density at radius 2 is 1.96 bits per heavy atom. The van der Waals surface area contributed by atoms with Crippen LogP contribution in [0.5, 0.6) is 0 Å². The van der Waals surface area contributed by atoms with E-state index in [2.05, 4.69) is 21.2 Å². The maximum Gasteiger partial charge on any atom is 0.220 e. The van der Waals surface area contributed by atoms with Gasteiger partial charge in [0.2, 0.25) is 5.91 Å². The molecule has 1 N–H and O–H groups in total. The number of hydrogen-bond acceptors (Lipinski definition) is 4. The number of amides is 1. The fraction of sp³-hybridized carbons (Fsp3) is 0.619. The van der Waals surface area contributed by atoms with Gasteiger partial charge in [0, 0.05) is 31.6 Å². The van der Waals surface area contributed by atoms with Crippen LogP contribution in [0.4, 0.5) is 0 Å². The molecule has 0 radical (unpaired) electrons. The summed E-state index contributed by atoms with van der Waals surface area (Å²) in [5, 5.41) is 2.99. The zero-order valence-electron chi connectivity index (χ0n) is 16.5. The molecule has 2 rings (SSSR count). The van der Waals surface area contributed by atoms with Gasteiger partial charge in [0.1, 0.15) is 0 Å². The lowest BCUT2D eigenvalue weighted by atomic mass is 9.91. The summed E-state index contributed by atoms with van der Waals surface area (Å²) in [6, 6.07) is 7.94. The van der Waals surface area contributed by atoms with Crippen molar-refractivity contribution in [2.75, 3.05) is 40.3 Å². The molecular formula is C21H33N3O2. The van der Waals surface area contributed by atoms with Crippen molar-refractivity contribution >= 4 is 11.7 Å². The van der Waals surface area contributed by atoms with Crippen molar-refractivity contribution < 1.29 is 9.59 Å². The van der Waals surface area contributed by atoms with Crippen LogP contribution in [0.15, 0.2) is 24.3 Å². The van der Waals surface area contributed by atoms with E-state index >= 15 is 0 Å². The zero-order chi connectivity index (χ0) is 18.9. The number of nitrogens with zero attached hydrogens (tertiary/aromatic N) is 2. The predicted octanol–water partition coefficient (Wildman–Crippen LogP) is 2.56. The van der Waals surface area contributed by atoms with E-state index < -0.39 is 0 Å². The van der Waals surface area contributed by atoms with Crippen LogP contribution >= 0.6 is 0 Å². The van der Waals surface area contributed by atoms with E-state index in [0.717, 1.165) is 57.5 Å². The summed E-state index contributed by atoms with van der Waals surface area (Å²) in [7, 11) is 4.02. The molecule has 1 aliphatic heterocycles. The molecule has 5 nitrogen and oxygen atoms in total. The van der Waals surface area contributed by atoms with Crippen LogP contribution in [0.25, 0.3) is 0 Å². The summed E-state index contributed by atoms with van der Waals surface area (Å²) >= 11 is 0. The highest BCUT2D eigenvalue weighted by atomic mass is 16.1. The highest BCUT2D eigenvalue weighted by molar-refractivity contribution is 5.94. The molecule has 0 aromatic heterocycles. The molecule has 0 atom stereocenters. The fourth-order valence-corrected chi connectivity index (χ4v) is 3.42. The van der Waals surface area contributed by atoms with Gasteiger partial charge in [-0.1, -0.05) is 18.2 Å². The van der Waals surface area contributed by atoms with Gasteiger partial charge in [-0.2, -0.15) is 0 Å². The van der Waals surface area contributed by atoms with Crippen LogP contribution in [0, 0.1) is 5.92 Å². The van der Waals surface area contributed by atoms with Crippen molar-refractivity contribution in [3.8, 4) is 0 Å². The molecule has 1 saturated heterocycles. The number of carbonyl (C=O) groups excluding carboxylic acids is 2. The molecule has 5 heteroatoms. The van der Waals surface area contributed by atoms with E-state index in [1.165, 1.54) is 5.56 Å². The molecule has 1 aromatic carbocycles. The van der Waals surface area contributed by atoms with Crippen LogP contribution < -0.4 is 5.32 Å². The van der Waals surface area contributed by atoms with E-state index in [9.17, 15) is 9.59 Å². The first-order valence-corrected chi connectivity index (χ1v) is 9.67. The second kappa shape index (κ2) is 10.4. The smallest absolute Gasteiger partial charge is 0.220 e. The van der Waals surface area contributed by atoms with Crippen molar-refractivity contribution in [2.24, 2.45) is 5.92 Å². The summed E-state index contributed by atoms with van der Waals surface area (Å²) in [4.78, 5) is 27.9. The fourth-order valence-electron chi connectivity index (χ4n) is 3.42. The minimum absolute atomic E-state index is 0.120. The number of likely N-dealkylation sites (tertiary alicyclic amines) is 1. The first kappa shape index (κ1) is 20.6. The predicted molar refractivity (Wildman–Crippen MR) is 105 cm³/mol. The molecule has 1 aromatic rings.